The third-order valence-electron chi connectivity index (χ3n) is 13.2. The Morgan fingerprint density at radius 3 is 1.86 bits per heavy atom. The van der Waals surface area contributed by atoms with Gasteiger partial charge in [-0.3, -0.25) is 9.97 Å². The average Bonchev–Trinajstić information content (AvgIpc) is 3.98. The van der Waals surface area contributed by atoms with E-state index in [0.29, 0.717) is 5.56 Å². The zero-order chi connectivity index (χ0) is 51.2. The number of aromatic nitrogens is 4. The minimum atomic E-state index is -2.08. The van der Waals surface area contributed by atoms with Gasteiger partial charge in [0.2, 0.25) is 0 Å². The van der Waals surface area contributed by atoms with Gasteiger partial charge in [-0.15, -0.1) is 53.6 Å². The topological polar surface area (TPSA) is 56.7 Å². The van der Waals surface area contributed by atoms with Crippen molar-refractivity contribution in [2.24, 2.45) is 0 Å². The number of fused-ring (bicyclic) bond motifs is 4. The van der Waals surface area contributed by atoms with E-state index < -0.39 is 14.9 Å². The fourth-order valence-corrected chi connectivity index (χ4v) is 10.3. The first-order valence-electron chi connectivity index (χ1n) is 25.6. The molecule has 0 amide bonds. The first-order valence-corrected chi connectivity index (χ1v) is 27.6. The van der Waals surface area contributed by atoms with Gasteiger partial charge in [-0.05, 0) is 98.4 Å². The van der Waals surface area contributed by atoms with Gasteiger partial charge in [-0.1, -0.05) is 174 Å². The molecule has 0 fully saturated rings. The van der Waals surface area contributed by atoms with Crippen molar-refractivity contribution in [3.05, 3.63) is 211 Å². The predicted octanol–water partition coefficient (Wildman–Crippen LogP) is 16.7. The van der Waals surface area contributed by atoms with Crippen LogP contribution < -0.4 is 5.19 Å². The second-order valence-electron chi connectivity index (χ2n) is 19.7. The molecule has 71 heavy (non-hydrogen) atoms. The molecular formula is C64H58IrN4OSi-2. The maximum Gasteiger partial charge on any atom is 0.121 e. The molecule has 11 rings (SSSR count). The minimum Gasteiger partial charge on any atom is -0.501 e. The molecule has 0 aliphatic heterocycles. The van der Waals surface area contributed by atoms with E-state index in [9.17, 15) is 0 Å². The van der Waals surface area contributed by atoms with Gasteiger partial charge in [0, 0.05) is 47.7 Å². The molecule has 7 aromatic carbocycles. The molecule has 0 atom stereocenters. The van der Waals surface area contributed by atoms with Crippen LogP contribution in [0.25, 0.3) is 94.7 Å². The Balaban J connectivity index is 0.000000270. The number of aryl methyl sites for hydroxylation is 2. The molecule has 0 N–H and O–H groups in total. The molecule has 4 heterocycles. The van der Waals surface area contributed by atoms with Gasteiger partial charge in [-0.25, -0.2) is 0 Å². The van der Waals surface area contributed by atoms with E-state index in [2.05, 4.69) is 201 Å². The summed E-state index contributed by atoms with van der Waals surface area (Å²) in [6, 6.07) is 62.9. The SMILES string of the molecule is Cc1nccc2c1nc(-c1[c-]ccc3c1oc1cc(-c4ccc(-c5ccccc5)cc4)ccc13)n2-c1c(C(C)C)cc(-c2ccccc2)cc1C(C)C.[2H]C([2H])([2H])c1c[c-]c(-c2ccc([Si](C)(C)C)cn2)cc1.[Ir]. The summed E-state index contributed by atoms with van der Waals surface area (Å²) in [6.07, 6.45) is 3.81. The fraction of sp³-hybridized carbons (Fsp3) is 0.172. The van der Waals surface area contributed by atoms with E-state index in [4.69, 9.17) is 13.5 Å². The largest absolute Gasteiger partial charge is 0.501 e. The molecular weight excluding hydrogens is 1060 g/mol. The van der Waals surface area contributed by atoms with Crippen molar-refractivity contribution < 1.29 is 28.6 Å². The van der Waals surface area contributed by atoms with Crippen molar-refractivity contribution in [1.29, 1.82) is 0 Å². The molecule has 0 bridgehead atoms. The standard InChI is InChI=1S/C49H40N3O.C15H18NSi.Ir/c1-30(2)42-27-38(34-15-10-7-11-16-34)28-43(31(3)4)47(42)52-44-25-26-50-32(5)46(44)51-49(52)41-18-12-17-40-39-24-23-37(29-45(39)53-48(40)41)36-21-19-35(20-22-36)33-13-8-6-9-14-33;1-12-5-7-13(8-6-12)15-10-9-14(11-16-15)17(2,3)4;/h6-17,19-31H,1-5H3;5-7,9-11H,1-4H3;/q2*-1;/i;1D3;. The quantitative estimate of drug-likeness (QED) is 0.107. The zero-order valence-electron chi connectivity index (χ0n) is 44.4. The zero-order valence-corrected chi connectivity index (χ0v) is 44.8. The maximum atomic E-state index is 7.35. The monoisotopic (exact) mass is 1120 g/mol. The van der Waals surface area contributed by atoms with E-state index in [0.717, 1.165) is 72.4 Å². The van der Waals surface area contributed by atoms with Crippen LogP contribution >= 0.6 is 0 Å². The first kappa shape index (κ1) is 45.1. The Bertz CT molecular complexity index is 3660. The van der Waals surface area contributed by atoms with Crippen molar-refractivity contribution >= 4 is 46.2 Å². The van der Waals surface area contributed by atoms with E-state index >= 15 is 0 Å². The predicted molar refractivity (Wildman–Crippen MR) is 296 cm³/mol. The number of hydrogen-bond acceptors (Lipinski definition) is 4. The fourth-order valence-electron chi connectivity index (χ4n) is 9.30. The molecule has 1 radical (unpaired) electrons. The number of imidazole rings is 1. The maximum absolute atomic E-state index is 7.35. The normalized spacial score (nSPS) is 12.4. The molecule has 355 valence electrons. The van der Waals surface area contributed by atoms with E-state index in [1.165, 1.54) is 50.3 Å². The average molecular weight is 1120 g/mol. The minimum absolute atomic E-state index is 0. The molecule has 0 saturated heterocycles. The first-order chi connectivity index (χ1) is 35.0. The molecule has 0 unspecified atom stereocenters. The van der Waals surface area contributed by atoms with Crippen LogP contribution in [0.4, 0.5) is 0 Å². The van der Waals surface area contributed by atoms with Crippen LogP contribution in [0.15, 0.2) is 181 Å². The summed E-state index contributed by atoms with van der Waals surface area (Å²) in [5.74, 6) is 1.31. The molecule has 11 aromatic rings. The van der Waals surface area contributed by atoms with Crippen LogP contribution in [0.1, 0.15) is 66.0 Å². The van der Waals surface area contributed by atoms with Gasteiger partial charge >= 0.3 is 0 Å². The van der Waals surface area contributed by atoms with E-state index in [1.54, 1.807) is 12.1 Å². The van der Waals surface area contributed by atoms with Crippen molar-refractivity contribution in [2.45, 2.75) is 72.9 Å². The molecule has 4 aromatic heterocycles. The second kappa shape index (κ2) is 20.4. The Labute approximate surface area is 437 Å². The smallest absolute Gasteiger partial charge is 0.121 e. The third-order valence-corrected chi connectivity index (χ3v) is 15.2. The molecule has 0 saturated carbocycles. The van der Waals surface area contributed by atoms with Crippen LogP contribution in [0.5, 0.6) is 0 Å². The molecule has 7 heteroatoms. The summed E-state index contributed by atoms with van der Waals surface area (Å²) < 4.78 is 31.2. The molecule has 0 aliphatic rings. The second-order valence-corrected chi connectivity index (χ2v) is 24.8. The number of furan rings is 1. The van der Waals surface area contributed by atoms with Gasteiger partial charge in [0.05, 0.1) is 36.2 Å². The molecule has 0 aliphatic carbocycles. The summed E-state index contributed by atoms with van der Waals surface area (Å²) in [5, 5.41) is 3.42. The van der Waals surface area contributed by atoms with Gasteiger partial charge in [0.15, 0.2) is 0 Å². The van der Waals surface area contributed by atoms with E-state index in [-0.39, 0.29) is 31.9 Å². The Hall–Kier alpha value is -7.02. The Morgan fingerprint density at radius 1 is 0.634 bits per heavy atom. The van der Waals surface area contributed by atoms with Gasteiger partial charge in [-0.2, -0.15) is 0 Å². The third kappa shape index (κ3) is 9.88. The van der Waals surface area contributed by atoms with Crippen molar-refractivity contribution in [2.75, 3.05) is 0 Å². The molecule has 0 spiro atoms. The van der Waals surface area contributed by atoms with Crippen molar-refractivity contribution in [3.63, 3.8) is 0 Å². The number of rotatable bonds is 9. The van der Waals surface area contributed by atoms with Crippen molar-refractivity contribution in [3.8, 4) is 61.7 Å². The Morgan fingerprint density at radius 2 is 1.27 bits per heavy atom. The van der Waals surface area contributed by atoms with Crippen molar-refractivity contribution in [1.82, 2.24) is 19.5 Å². The van der Waals surface area contributed by atoms with Gasteiger partial charge < -0.3 is 14.0 Å². The number of nitrogens with zero attached hydrogens (tertiary/aromatic N) is 4. The van der Waals surface area contributed by atoms with Crippen LogP contribution in [0, 0.1) is 25.9 Å². The summed E-state index contributed by atoms with van der Waals surface area (Å²) in [5.41, 5.74) is 18.0. The van der Waals surface area contributed by atoms with E-state index in [1.807, 2.05) is 37.5 Å². The van der Waals surface area contributed by atoms with Gasteiger partial charge in [0.1, 0.15) is 5.58 Å². The summed E-state index contributed by atoms with van der Waals surface area (Å²) in [6.45, 7) is 15.9. The number of benzene rings is 7. The Kier molecular flexibility index (Phi) is 12.9. The summed E-state index contributed by atoms with van der Waals surface area (Å²) in [7, 11) is -1.34. The number of hydrogen-bond donors (Lipinski definition) is 0. The summed E-state index contributed by atoms with van der Waals surface area (Å²) in [4.78, 5) is 14.5. The van der Waals surface area contributed by atoms with Crippen LogP contribution in [-0.2, 0) is 20.1 Å². The van der Waals surface area contributed by atoms with Gasteiger partial charge in [0.25, 0.3) is 0 Å². The van der Waals surface area contributed by atoms with Crippen LogP contribution in [-0.4, -0.2) is 27.6 Å². The van der Waals surface area contributed by atoms with Crippen LogP contribution in [0.3, 0.4) is 0 Å². The van der Waals surface area contributed by atoms with Crippen LogP contribution in [0.2, 0.25) is 19.6 Å². The summed E-state index contributed by atoms with van der Waals surface area (Å²) >= 11 is 0. The number of pyridine rings is 2. The molecule has 5 nitrogen and oxygen atoms in total.